The van der Waals surface area contributed by atoms with Crippen molar-refractivity contribution >= 4 is 80.5 Å². The molecule has 0 aromatic carbocycles. The lowest BCUT2D eigenvalue weighted by Gasteiger charge is -2.30. The number of fused-ring (bicyclic) bond motifs is 1. The number of nitrogens with zero attached hydrogens (tertiary/aromatic N) is 4. The van der Waals surface area contributed by atoms with E-state index in [1.165, 1.54) is 32.1 Å². The lowest BCUT2D eigenvalue weighted by atomic mass is 9.87. The highest BCUT2D eigenvalue weighted by Gasteiger charge is 2.57. The van der Waals surface area contributed by atoms with Gasteiger partial charge in [0.2, 0.25) is 11.8 Å². The molecule has 60 heavy (non-hydrogen) atoms. The first kappa shape index (κ1) is 49.9. The first-order chi connectivity index (χ1) is 27.8. The number of hydrogen-bond acceptors (Lipinski definition) is 20. The fourth-order valence-electron chi connectivity index (χ4n) is 5.59. The molecule has 1 fully saturated rings. The van der Waals surface area contributed by atoms with Crippen LogP contribution < -0.4 is 16.4 Å². The van der Waals surface area contributed by atoms with Gasteiger partial charge in [-0.05, 0) is 18.4 Å². The zero-order valence-corrected chi connectivity index (χ0v) is 36.4. The highest BCUT2D eigenvalue weighted by atomic mass is 32.2. The maximum Gasteiger partial charge on any atom is 0.481 e. The average molecular weight is 950 g/mol. The van der Waals surface area contributed by atoms with Crippen molar-refractivity contribution in [1.82, 2.24) is 30.2 Å². The number of aliphatic hydroxyl groups excluding tert-OH is 3. The standard InChI is InChI=1S/C30H46N7O18P3S2/c1-29(2,25(42)28(43)33-7-6-20(39)32-8-10-60-21(40)12-17(38)11-18-5-4-9-59-18)14-52-58(49,50)55-57(47,48)51-13-19-23(54-56(44,45)46)24(41)30(3,53-19)37-16-36-22-26(31)34-15-35-27(22)37/h4-5,9,15-17,19,23-25,38,41-42H,6-8,10-14H2,1-3H3,(H,32,39)(H,33,43)(H,47,48)(H,49,50)(H2,31,34,35)(H2,44,45,46). The summed E-state index contributed by atoms with van der Waals surface area (Å²) in [6.45, 7) is 1.56. The predicted octanol–water partition coefficient (Wildman–Crippen LogP) is -0.106. The second kappa shape index (κ2) is 20.6. The third kappa shape index (κ3) is 14.1. The molecule has 0 saturated carbocycles. The molecule has 0 aliphatic carbocycles. The van der Waals surface area contributed by atoms with Crippen LogP contribution >= 0.6 is 46.6 Å². The van der Waals surface area contributed by atoms with Crippen LogP contribution in [0.4, 0.5) is 5.82 Å². The van der Waals surface area contributed by atoms with Gasteiger partial charge in [-0.25, -0.2) is 28.6 Å². The lowest BCUT2D eigenvalue weighted by Crippen LogP contribution is -2.46. The van der Waals surface area contributed by atoms with E-state index in [9.17, 15) is 63.0 Å². The highest BCUT2D eigenvalue weighted by Crippen LogP contribution is 2.61. The van der Waals surface area contributed by atoms with Gasteiger partial charge in [0.1, 0.15) is 36.3 Å². The predicted molar refractivity (Wildman–Crippen MR) is 210 cm³/mol. The van der Waals surface area contributed by atoms with Crippen molar-refractivity contribution in [2.75, 3.05) is 37.8 Å². The van der Waals surface area contributed by atoms with Crippen LogP contribution in [-0.4, -0.2) is 134 Å². The summed E-state index contributed by atoms with van der Waals surface area (Å²) in [6.07, 6.45) is -6.09. The Hall–Kier alpha value is -2.78. The van der Waals surface area contributed by atoms with E-state index in [4.69, 9.17) is 24.0 Å². The normalized spacial score (nSPS) is 22.8. The highest BCUT2D eigenvalue weighted by molar-refractivity contribution is 8.13. The van der Waals surface area contributed by atoms with Gasteiger partial charge in [0.15, 0.2) is 22.3 Å². The first-order valence-electron chi connectivity index (χ1n) is 17.6. The molecule has 1 saturated heterocycles. The minimum Gasteiger partial charge on any atom is -0.392 e. The fraction of sp³-hybridized carbons (Fsp3) is 0.600. The zero-order valence-electron chi connectivity index (χ0n) is 32.1. The number of anilines is 1. The van der Waals surface area contributed by atoms with Gasteiger partial charge in [0.25, 0.3) is 0 Å². The average Bonchev–Trinajstić information content (AvgIpc) is 3.87. The van der Waals surface area contributed by atoms with Crippen molar-refractivity contribution in [3.05, 3.63) is 35.0 Å². The van der Waals surface area contributed by atoms with Crippen LogP contribution in [0.2, 0.25) is 0 Å². The molecular formula is C30H46N7O18P3S2. The molecule has 8 unspecified atom stereocenters. The molecule has 1 aliphatic rings. The van der Waals surface area contributed by atoms with E-state index in [1.54, 1.807) is 0 Å². The van der Waals surface area contributed by atoms with E-state index >= 15 is 0 Å². The van der Waals surface area contributed by atoms with Crippen molar-refractivity contribution in [3.8, 4) is 0 Å². The van der Waals surface area contributed by atoms with E-state index in [0.717, 1.165) is 33.9 Å². The number of hydrogen-bond donors (Lipinski definition) is 10. The molecule has 0 bridgehead atoms. The van der Waals surface area contributed by atoms with Crippen LogP contribution in [0.15, 0.2) is 30.2 Å². The summed E-state index contributed by atoms with van der Waals surface area (Å²) in [5, 5.41) is 38.4. The maximum absolute atomic E-state index is 12.8. The molecule has 8 atom stereocenters. The molecular weight excluding hydrogens is 903 g/mol. The minimum atomic E-state index is -5.61. The number of imidazole rings is 1. The summed E-state index contributed by atoms with van der Waals surface area (Å²) < 4.78 is 62.7. The van der Waals surface area contributed by atoms with E-state index in [0.29, 0.717) is 6.42 Å². The zero-order chi connectivity index (χ0) is 44.7. The Morgan fingerprint density at radius 3 is 2.45 bits per heavy atom. The molecule has 4 heterocycles. The Morgan fingerprint density at radius 2 is 1.78 bits per heavy atom. The van der Waals surface area contributed by atoms with Gasteiger partial charge < -0.3 is 56.0 Å². The van der Waals surface area contributed by atoms with Crippen LogP contribution in [-0.2, 0) is 62.8 Å². The Morgan fingerprint density at radius 1 is 1.08 bits per heavy atom. The number of thioether (sulfide) groups is 1. The van der Waals surface area contributed by atoms with Crippen molar-refractivity contribution in [2.24, 2.45) is 5.41 Å². The summed E-state index contributed by atoms with van der Waals surface area (Å²) >= 11 is 2.43. The molecule has 4 rings (SSSR count). The van der Waals surface area contributed by atoms with E-state index in [-0.39, 0.29) is 53.8 Å². The topological polar surface area (TPSA) is 384 Å². The number of thiophene rings is 1. The van der Waals surface area contributed by atoms with Crippen molar-refractivity contribution < 1.29 is 85.6 Å². The third-order valence-electron chi connectivity index (χ3n) is 8.67. The van der Waals surface area contributed by atoms with Crippen LogP contribution in [0.1, 0.15) is 38.5 Å². The van der Waals surface area contributed by atoms with E-state index in [2.05, 4.69) is 29.9 Å². The van der Waals surface area contributed by atoms with Gasteiger partial charge >= 0.3 is 23.5 Å². The maximum atomic E-state index is 12.8. The molecule has 11 N–H and O–H groups in total. The van der Waals surface area contributed by atoms with Gasteiger partial charge in [-0.2, -0.15) is 4.31 Å². The monoisotopic (exact) mass is 949 g/mol. The van der Waals surface area contributed by atoms with Crippen LogP contribution in [0.25, 0.3) is 11.2 Å². The summed E-state index contributed by atoms with van der Waals surface area (Å²) in [7, 11) is -16.5. The molecule has 30 heteroatoms. The van der Waals surface area contributed by atoms with Crippen LogP contribution in [0.3, 0.4) is 0 Å². The van der Waals surface area contributed by atoms with Gasteiger partial charge in [0, 0.05) is 48.4 Å². The van der Waals surface area contributed by atoms with Crippen LogP contribution in [0.5, 0.6) is 0 Å². The number of aliphatic hydroxyl groups is 3. The molecule has 3 aromatic rings. The smallest absolute Gasteiger partial charge is 0.392 e. The molecule has 2 amide bonds. The third-order valence-corrected chi connectivity index (χ3v) is 13.6. The number of nitrogens with one attached hydrogen (secondary N) is 2. The van der Waals surface area contributed by atoms with Crippen molar-refractivity contribution in [3.63, 3.8) is 0 Å². The number of phosphoric ester groups is 3. The molecule has 0 spiro atoms. The second-order valence-electron chi connectivity index (χ2n) is 14.0. The number of amides is 2. The summed E-state index contributed by atoms with van der Waals surface area (Å²) in [4.78, 5) is 89.2. The SMILES string of the molecule is CC(C)(COP(=O)(O)OP(=O)(O)OCC1OC(C)(n2cnc3c(N)ncnc32)C(O)C1OP(=O)(O)O)C(O)C(=O)NCCC(=O)NCCSC(=O)CC(O)Cc1cccs1. The summed E-state index contributed by atoms with van der Waals surface area (Å²) in [5.41, 5.74) is 2.27. The Labute approximate surface area is 349 Å². The largest absolute Gasteiger partial charge is 0.481 e. The van der Waals surface area contributed by atoms with Crippen LogP contribution in [0, 0.1) is 5.41 Å². The quantitative estimate of drug-likeness (QED) is 0.0438. The molecule has 1 aliphatic heterocycles. The van der Waals surface area contributed by atoms with E-state index < -0.39 is 90.2 Å². The number of aromatic nitrogens is 4. The lowest BCUT2D eigenvalue weighted by molar-refractivity contribution is -0.137. The first-order valence-corrected chi connectivity index (χ1v) is 24.0. The summed E-state index contributed by atoms with van der Waals surface area (Å²) in [5.74, 6) is -1.28. The molecule has 0 radical (unpaired) electrons. The Bertz CT molecular complexity index is 2110. The molecule has 25 nitrogen and oxygen atoms in total. The minimum absolute atomic E-state index is 0.0137. The number of carbonyl (C=O) groups excluding carboxylic acids is 3. The second-order valence-corrected chi connectivity index (χ2v) is 20.4. The number of carbonyl (C=O) groups is 3. The van der Waals surface area contributed by atoms with Gasteiger partial charge in [-0.1, -0.05) is 31.7 Å². The number of ether oxygens (including phenoxy) is 1. The van der Waals surface area contributed by atoms with Crippen molar-refractivity contribution in [2.45, 2.75) is 76.3 Å². The van der Waals surface area contributed by atoms with Gasteiger partial charge in [-0.15, -0.1) is 11.3 Å². The molecule has 3 aromatic heterocycles. The Balaban J connectivity index is 1.21. The van der Waals surface area contributed by atoms with Crippen molar-refractivity contribution in [1.29, 1.82) is 0 Å². The number of rotatable bonds is 23. The Kier molecular flexibility index (Phi) is 17.1. The van der Waals surface area contributed by atoms with Gasteiger partial charge in [0.05, 0.1) is 25.6 Å². The molecule has 336 valence electrons. The fourth-order valence-corrected chi connectivity index (χ4v) is 9.93. The van der Waals surface area contributed by atoms with E-state index in [1.807, 2.05) is 17.5 Å². The van der Waals surface area contributed by atoms with Gasteiger partial charge in [-0.3, -0.25) is 32.5 Å². The summed E-state index contributed by atoms with van der Waals surface area (Å²) in [6, 6.07) is 3.71. The number of nitrogen functional groups attached to an aromatic ring is 1. The number of phosphoric acid groups is 3. The number of nitrogens with two attached hydrogens (primary N) is 1.